The molecule has 0 radical (unpaired) electrons. The molecule has 0 aromatic heterocycles. The van der Waals surface area contributed by atoms with Gasteiger partial charge < -0.3 is 10.5 Å². The maximum Gasteiger partial charge on any atom is 0.129 e. The zero-order chi connectivity index (χ0) is 12.4. The first-order valence-corrected chi connectivity index (χ1v) is 6.19. The summed E-state index contributed by atoms with van der Waals surface area (Å²) >= 11 is 0. The Morgan fingerprint density at radius 2 is 1.76 bits per heavy atom. The molecule has 1 aromatic rings. The Kier molecular flexibility index (Phi) is 3.79. The van der Waals surface area contributed by atoms with Gasteiger partial charge in [0, 0.05) is 19.3 Å². The van der Waals surface area contributed by atoms with Gasteiger partial charge in [-0.3, -0.25) is 0 Å². The number of hydrogen-bond donors (Lipinski definition) is 1. The summed E-state index contributed by atoms with van der Waals surface area (Å²) in [5.74, 6) is 0.334. The van der Waals surface area contributed by atoms with E-state index in [9.17, 15) is 4.39 Å². The fraction of sp³-hybridized carbons (Fsp3) is 0.571. The molecule has 2 nitrogen and oxygen atoms in total. The molecular formula is C14H20FNO. The van der Waals surface area contributed by atoms with Crippen molar-refractivity contribution >= 4 is 0 Å². The third kappa shape index (κ3) is 2.67. The van der Waals surface area contributed by atoms with Gasteiger partial charge in [-0.1, -0.05) is 12.1 Å². The van der Waals surface area contributed by atoms with Crippen molar-refractivity contribution in [2.24, 2.45) is 11.7 Å². The zero-order valence-electron chi connectivity index (χ0n) is 10.5. The van der Waals surface area contributed by atoms with Gasteiger partial charge in [0.2, 0.25) is 0 Å². The lowest BCUT2D eigenvalue weighted by atomic mass is 9.86. The minimum absolute atomic E-state index is 0.00287. The minimum Gasteiger partial charge on any atom is -0.381 e. The maximum absolute atomic E-state index is 13.6. The lowest BCUT2D eigenvalue weighted by Gasteiger charge is -2.28. The fourth-order valence-corrected chi connectivity index (χ4v) is 2.52. The van der Waals surface area contributed by atoms with Crippen LogP contribution in [0, 0.1) is 25.6 Å². The molecule has 94 valence electrons. The van der Waals surface area contributed by atoms with E-state index < -0.39 is 0 Å². The molecule has 1 aliphatic heterocycles. The van der Waals surface area contributed by atoms with E-state index in [1.165, 1.54) is 0 Å². The monoisotopic (exact) mass is 237 g/mol. The van der Waals surface area contributed by atoms with Gasteiger partial charge in [-0.2, -0.15) is 0 Å². The van der Waals surface area contributed by atoms with Gasteiger partial charge in [0.05, 0.1) is 0 Å². The van der Waals surface area contributed by atoms with Crippen LogP contribution in [0.2, 0.25) is 0 Å². The number of ether oxygens (including phenoxy) is 1. The summed E-state index contributed by atoms with van der Waals surface area (Å²) in [4.78, 5) is 0. The van der Waals surface area contributed by atoms with Gasteiger partial charge in [-0.25, -0.2) is 4.39 Å². The van der Waals surface area contributed by atoms with E-state index in [-0.39, 0.29) is 11.9 Å². The van der Waals surface area contributed by atoms with E-state index in [1.807, 2.05) is 12.1 Å². The second kappa shape index (κ2) is 5.15. The predicted molar refractivity (Wildman–Crippen MR) is 66.3 cm³/mol. The van der Waals surface area contributed by atoms with Gasteiger partial charge in [0.15, 0.2) is 0 Å². The predicted octanol–water partition coefficient (Wildman–Crippen LogP) is 2.87. The molecule has 0 aliphatic carbocycles. The molecule has 1 aliphatic rings. The van der Waals surface area contributed by atoms with E-state index in [2.05, 4.69) is 0 Å². The molecule has 2 rings (SSSR count). The van der Waals surface area contributed by atoms with Crippen LogP contribution < -0.4 is 5.73 Å². The average Bonchev–Trinajstić information content (AvgIpc) is 2.35. The van der Waals surface area contributed by atoms with E-state index in [1.54, 1.807) is 13.8 Å². The Balaban J connectivity index is 2.21. The molecule has 1 aromatic carbocycles. The second-order valence-corrected chi connectivity index (χ2v) is 4.94. The first kappa shape index (κ1) is 12.5. The molecule has 1 fully saturated rings. The Hall–Kier alpha value is -0.930. The van der Waals surface area contributed by atoms with Crippen LogP contribution in [0.3, 0.4) is 0 Å². The summed E-state index contributed by atoms with van der Waals surface area (Å²) < 4.78 is 18.9. The zero-order valence-corrected chi connectivity index (χ0v) is 10.5. The van der Waals surface area contributed by atoms with Gasteiger partial charge in [-0.15, -0.1) is 0 Å². The topological polar surface area (TPSA) is 35.2 Å². The van der Waals surface area contributed by atoms with Gasteiger partial charge in [-0.05, 0) is 49.3 Å². The largest absolute Gasteiger partial charge is 0.381 e. The highest BCUT2D eigenvalue weighted by atomic mass is 19.1. The van der Waals surface area contributed by atoms with Gasteiger partial charge in [0.1, 0.15) is 5.82 Å². The van der Waals surface area contributed by atoms with Crippen LogP contribution in [-0.4, -0.2) is 13.2 Å². The maximum atomic E-state index is 13.6. The molecule has 1 unspecified atom stereocenters. The summed E-state index contributed by atoms with van der Waals surface area (Å²) in [6, 6.07) is 3.75. The summed E-state index contributed by atoms with van der Waals surface area (Å²) in [7, 11) is 0. The summed E-state index contributed by atoms with van der Waals surface area (Å²) in [6.45, 7) is 5.17. The van der Waals surface area contributed by atoms with Gasteiger partial charge in [0.25, 0.3) is 0 Å². The van der Waals surface area contributed by atoms with Crippen LogP contribution in [0.5, 0.6) is 0 Å². The number of benzene rings is 1. The Morgan fingerprint density at radius 3 is 2.29 bits per heavy atom. The lowest BCUT2D eigenvalue weighted by molar-refractivity contribution is 0.0583. The second-order valence-electron chi connectivity index (χ2n) is 4.94. The summed E-state index contributed by atoms with van der Waals surface area (Å²) in [6.07, 6.45) is 1.99. The van der Waals surface area contributed by atoms with E-state index in [4.69, 9.17) is 10.5 Å². The lowest BCUT2D eigenvalue weighted by Crippen LogP contribution is -2.27. The van der Waals surface area contributed by atoms with Crippen molar-refractivity contribution in [1.82, 2.24) is 0 Å². The van der Waals surface area contributed by atoms with Crippen LogP contribution >= 0.6 is 0 Å². The average molecular weight is 237 g/mol. The Labute approximate surface area is 102 Å². The molecule has 1 heterocycles. The molecule has 1 saturated heterocycles. The third-order valence-electron chi connectivity index (χ3n) is 3.62. The third-order valence-corrected chi connectivity index (χ3v) is 3.62. The van der Waals surface area contributed by atoms with E-state index >= 15 is 0 Å². The molecule has 0 saturated carbocycles. The van der Waals surface area contributed by atoms with Crippen molar-refractivity contribution in [2.45, 2.75) is 32.7 Å². The molecule has 0 amide bonds. The van der Waals surface area contributed by atoms with Crippen molar-refractivity contribution in [3.63, 3.8) is 0 Å². The van der Waals surface area contributed by atoms with Crippen LogP contribution in [0.25, 0.3) is 0 Å². The van der Waals surface area contributed by atoms with Crippen molar-refractivity contribution in [3.05, 3.63) is 34.6 Å². The van der Waals surface area contributed by atoms with Crippen LogP contribution in [0.4, 0.5) is 4.39 Å². The minimum atomic E-state index is -0.118. The first-order chi connectivity index (χ1) is 8.09. The molecule has 0 spiro atoms. The Morgan fingerprint density at radius 1 is 1.24 bits per heavy atom. The Bertz CT molecular complexity index is 376. The standard InChI is InChI=1S/C14H20FNO/c1-9-7-12(8-10(2)13(9)15)14(16)11-3-5-17-6-4-11/h7-8,11,14H,3-6,16H2,1-2H3. The molecule has 1 atom stereocenters. The number of hydrogen-bond acceptors (Lipinski definition) is 2. The van der Waals surface area contributed by atoms with Crippen molar-refractivity contribution in [3.8, 4) is 0 Å². The highest BCUT2D eigenvalue weighted by Crippen LogP contribution is 2.29. The SMILES string of the molecule is Cc1cc(C(N)C2CCOCC2)cc(C)c1F. The number of nitrogens with two attached hydrogens (primary N) is 1. The quantitative estimate of drug-likeness (QED) is 0.858. The molecule has 2 N–H and O–H groups in total. The van der Waals surface area contributed by atoms with E-state index in [0.29, 0.717) is 17.0 Å². The van der Waals surface area contributed by atoms with E-state index in [0.717, 1.165) is 31.6 Å². The fourth-order valence-electron chi connectivity index (χ4n) is 2.52. The molecule has 3 heteroatoms. The summed E-state index contributed by atoms with van der Waals surface area (Å²) in [5.41, 5.74) is 8.69. The van der Waals surface area contributed by atoms with Crippen LogP contribution in [-0.2, 0) is 4.74 Å². The smallest absolute Gasteiger partial charge is 0.129 e. The van der Waals surface area contributed by atoms with Crippen LogP contribution in [0.15, 0.2) is 12.1 Å². The summed E-state index contributed by atoms with van der Waals surface area (Å²) in [5, 5.41) is 0. The highest BCUT2D eigenvalue weighted by molar-refractivity contribution is 5.32. The number of aryl methyl sites for hydroxylation is 2. The number of halogens is 1. The van der Waals surface area contributed by atoms with Crippen molar-refractivity contribution in [1.29, 1.82) is 0 Å². The van der Waals surface area contributed by atoms with Crippen molar-refractivity contribution < 1.29 is 9.13 Å². The molecule has 0 bridgehead atoms. The number of rotatable bonds is 2. The first-order valence-electron chi connectivity index (χ1n) is 6.19. The molecule has 17 heavy (non-hydrogen) atoms. The molecular weight excluding hydrogens is 217 g/mol. The normalized spacial score (nSPS) is 19.3. The van der Waals surface area contributed by atoms with Crippen LogP contribution in [0.1, 0.15) is 35.6 Å². The van der Waals surface area contributed by atoms with Gasteiger partial charge >= 0.3 is 0 Å². The van der Waals surface area contributed by atoms with Crippen molar-refractivity contribution in [2.75, 3.05) is 13.2 Å². The highest BCUT2D eigenvalue weighted by Gasteiger charge is 2.23.